The molecule has 0 radical (unpaired) electrons. The van der Waals surface area contributed by atoms with Crippen LogP contribution < -0.4 is 4.72 Å². The number of hydrogen-bond acceptors (Lipinski definition) is 1. The van der Waals surface area contributed by atoms with Gasteiger partial charge in [-0.25, -0.2) is 8.93 Å². The largest absolute Gasteiger partial charge is 0.242 e. The van der Waals surface area contributed by atoms with Gasteiger partial charge >= 0.3 is 0 Å². The topological polar surface area (TPSA) is 29.1 Å². The molecular formula is C7H11NOS. The van der Waals surface area contributed by atoms with Crippen molar-refractivity contribution >= 4 is 11.0 Å². The Morgan fingerprint density at radius 3 is 2.60 bits per heavy atom. The Morgan fingerprint density at radius 1 is 1.50 bits per heavy atom. The lowest BCUT2D eigenvalue weighted by atomic mass is 10.1. The van der Waals surface area contributed by atoms with Gasteiger partial charge in [0.15, 0.2) is 0 Å². The van der Waals surface area contributed by atoms with Crippen LogP contribution >= 0.6 is 0 Å². The third kappa shape index (κ3) is 1.20. The van der Waals surface area contributed by atoms with Crippen molar-refractivity contribution in [1.82, 2.24) is 4.72 Å². The molecule has 2 nitrogen and oxygen atoms in total. The highest BCUT2D eigenvalue weighted by atomic mass is 32.2. The van der Waals surface area contributed by atoms with Crippen LogP contribution in [0.1, 0.15) is 0 Å². The minimum Gasteiger partial charge on any atom is -0.242 e. The molecule has 1 fully saturated rings. The molecule has 3 heteroatoms. The smallest absolute Gasteiger partial charge is 0.0992 e. The van der Waals surface area contributed by atoms with Gasteiger partial charge in [-0.15, -0.1) is 13.2 Å². The SMILES string of the molecule is C=CC1CNS(=O)C1C=C. The summed E-state index contributed by atoms with van der Waals surface area (Å²) in [6.45, 7) is 8.02. The Labute approximate surface area is 63.6 Å². The van der Waals surface area contributed by atoms with Crippen LogP contribution in [0.4, 0.5) is 0 Å². The van der Waals surface area contributed by atoms with Crippen molar-refractivity contribution in [3.63, 3.8) is 0 Å². The van der Waals surface area contributed by atoms with Crippen molar-refractivity contribution in [1.29, 1.82) is 0 Å². The Bertz CT molecular complexity index is 178. The van der Waals surface area contributed by atoms with Gasteiger partial charge in [-0.3, -0.25) is 0 Å². The van der Waals surface area contributed by atoms with Crippen LogP contribution in [0.15, 0.2) is 25.3 Å². The monoisotopic (exact) mass is 157 g/mol. The first kappa shape index (κ1) is 7.69. The average molecular weight is 157 g/mol. The molecule has 0 amide bonds. The fourth-order valence-corrected chi connectivity index (χ4v) is 2.28. The number of nitrogens with one attached hydrogen (secondary N) is 1. The van der Waals surface area contributed by atoms with Crippen LogP contribution in [0.2, 0.25) is 0 Å². The highest BCUT2D eigenvalue weighted by Gasteiger charge is 2.28. The fraction of sp³-hybridized carbons (Fsp3) is 0.429. The van der Waals surface area contributed by atoms with E-state index in [4.69, 9.17) is 0 Å². The van der Waals surface area contributed by atoms with Crippen LogP contribution in [0.25, 0.3) is 0 Å². The van der Waals surface area contributed by atoms with Gasteiger partial charge in [-0.2, -0.15) is 0 Å². The van der Waals surface area contributed by atoms with Crippen molar-refractivity contribution in [2.75, 3.05) is 6.54 Å². The molecule has 0 aliphatic carbocycles. The van der Waals surface area contributed by atoms with Gasteiger partial charge in [-0.1, -0.05) is 12.2 Å². The Balaban J connectivity index is 2.71. The molecule has 0 bridgehead atoms. The standard InChI is InChI=1S/C7H11NOS/c1-3-6-5-8-10(9)7(6)4-2/h3-4,6-8H,1-2,5H2. The van der Waals surface area contributed by atoms with E-state index in [2.05, 4.69) is 17.9 Å². The molecule has 1 heterocycles. The van der Waals surface area contributed by atoms with Gasteiger partial charge in [-0.05, 0) is 0 Å². The molecule has 0 aromatic heterocycles. The van der Waals surface area contributed by atoms with E-state index in [1.807, 2.05) is 6.08 Å². The van der Waals surface area contributed by atoms with Crippen molar-refractivity contribution < 1.29 is 4.21 Å². The van der Waals surface area contributed by atoms with Gasteiger partial charge in [0.25, 0.3) is 0 Å². The van der Waals surface area contributed by atoms with Crippen molar-refractivity contribution in [2.24, 2.45) is 5.92 Å². The summed E-state index contributed by atoms with van der Waals surface area (Å²) in [5.41, 5.74) is 0. The normalized spacial score (nSPS) is 39.4. The number of rotatable bonds is 2. The lowest BCUT2D eigenvalue weighted by Crippen LogP contribution is -2.14. The van der Waals surface area contributed by atoms with Gasteiger partial charge in [0.2, 0.25) is 0 Å². The van der Waals surface area contributed by atoms with Crippen molar-refractivity contribution in [3.05, 3.63) is 25.3 Å². The van der Waals surface area contributed by atoms with Crippen molar-refractivity contribution in [3.8, 4) is 0 Å². The second-order valence-corrected chi connectivity index (χ2v) is 3.67. The van der Waals surface area contributed by atoms with E-state index in [1.54, 1.807) is 6.08 Å². The summed E-state index contributed by atoms with van der Waals surface area (Å²) < 4.78 is 13.9. The summed E-state index contributed by atoms with van der Waals surface area (Å²) in [5.74, 6) is 0.290. The summed E-state index contributed by atoms with van der Waals surface area (Å²) in [7, 11) is -0.930. The molecule has 0 saturated carbocycles. The summed E-state index contributed by atoms with van der Waals surface area (Å²) in [5, 5.41) is 0.0532. The zero-order chi connectivity index (χ0) is 7.56. The molecule has 1 saturated heterocycles. The first-order valence-corrected chi connectivity index (χ1v) is 4.40. The summed E-state index contributed by atoms with van der Waals surface area (Å²) in [6, 6.07) is 0. The van der Waals surface area contributed by atoms with Crippen LogP contribution in [0.3, 0.4) is 0 Å². The second-order valence-electron chi connectivity index (χ2n) is 2.25. The molecule has 0 aromatic rings. The highest BCUT2D eigenvalue weighted by Crippen LogP contribution is 2.16. The molecule has 56 valence electrons. The second kappa shape index (κ2) is 3.12. The van der Waals surface area contributed by atoms with Crippen LogP contribution in [-0.2, 0) is 11.0 Å². The molecule has 1 N–H and O–H groups in total. The molecule has 10 heavy (non-hydrogen) atoms. The predicted octanol–water partition coefficient (Wildman–Crippen LogP) is 0.610. The van der Waals surface area contributed by atoms with E-state index in [-0.39, 0.29) is 5.25 Å². The average Bonchev–Trinajstić information content (AvgIpc) is 2.30. The van der Waals surface area contributed by atoms with E-state index in [0.29, 0.717) is 5.92 Å². The first-order valence-electron chi connectivity index (χ1n) is 3.18. The molecule has 0 aromatic carbocycles. The molecule has 1 aliphatic heterocycles. The first-order chi connectivity index (χ1) is 4.79. The van der Waals surface area contributed by atoms with E-state index in [1.165, 1.54) is 0 Å². The highest BCUT2D eigenvalue weighted by molar-refractivity contribution is 7.84. The van der Waals surface area contributed by atoms with Crippen molar-refractivity contribution in [2.45, 2.75) is 5.25 Å². The molecule has 1 aliphatic rings. The van der Waals surface area contributed by atoms with E-state index in [0.717, 1.165) is 6.54 Å². The van der Waals surface area contributed by atoms with Gasteiger partial charge in [0, 0.05) is 12.5 Å². The summed E-state index contributed by atoms with van der Waals surface area (Å²) >= 11 is 0. The third-order valence-electron chi connectivity index (χ3n) is 1.67. The minimum absolute atomic E-state index is 0.0532. The maximum absolute atomic E-state index is 11.1. The Morgan fingerprint density at radius 2 is 2.20 bits per heavy atom. The van der Waals surface area contributed by atoms with Gasteiger partial charge in [0.05, 0.1) is 16.2 Å². The molecule has 3 atom stereocenters. The Hall–Kier alpha value is -0.410. The van der Waals surface area contributed by atoms with Crippen LogP contribution in [-0.4, -0.2) is 16.0 Å². The van der Waals surface area contributed by atoms with Crippen LogP contribution in [0, 0.1) is 5.92 Å². The van der Waals surface area contributed by atoms with E-state index in [9.17, 15) is 4.21 Å². The number of hydrogen-bond donors (Lipinski definition) is 1. The zero-order valence-corrected chi connectivity index (χ0v) is 6.56. The summed E-state index contributed by atoms with van der Waals surface area (Å²) in [6.07, 6.45) is 3.55. The fourth-order valence-electron chi connectivity index (χ4n) is 1.03. The maximum atomic E-state index is 11.1. The lowest BCUT2D eigenvalue weighted by molar-refractivity contribution is 0.676. The zero-order valence-electron chi connectivity index (χ0n) is 5.75. The van der Waals surface area contributed by atoms with Crippen LogP contribution in [0.5, 0.6) is 0 Å². The molecular weight excluding hydrogens is 146 g/mol. The quantitative estimate of drug-likeness (QED) is 0.585. The predicted molar refractivity (Wildman–Crippen MR) is 43.8 cm³/mol. The molecule has 3 unspecified atom stereocenters. The third-order valence-corrected chi connectivity index (χ3v) is 3.15. The summed E-state index contributed by atoms with van der Waals surface area (Å²) in [4.78, 5) is 0. The minimum atomic E-state index is -0.930. The van der Waals surface area contributed by atoms with Gasteiger partial charge in [0.1, 0.15) is 0 Å². The molecule has 1 rings (SSSR count). The van der Waals surface area contributed by atoms with Gasteiger partial charge < -0.3 is 0 Å². The molecule has 0 spiro atoms. The maximum Gasteiger partial charge on any atom is 0.0992 e. The lowest BCUT2D eigenvalue weighted by Gasteiger charge is -2.05. The Kier molecular flexibility index (Phi) is 2.40. The van der Waals surface area contributed by atoms with E-state index >= 15 is 0 Å². The van der Waals surface area contributed by atoms with E-state index < -0.39 is 11.0 Å².